The van der Waals surface area contributed by atoms with E-state index >= 15 is 0 Å². The summed E-state index contributed by atoms with van der Waals surface area (Å²) in [4.78, 5) is 11.5. The van der Waals surface area contributed by atoms with Crippen molar-refractivity contribution in [1.29, 1.82) is 0 Å². The van der Waals surface area contributed by atoms with E-state index in [0.717, 1.165) is 5.56 Å². The number of nitrogens with one attached hydrogen (secondary N) is 1. The molecule has 0 spiro atoms. The second-order valence-corrected chi connectivity index (χ2v) is 5.67. The number of benzene rings is 1. The van der Waals surface area contributed by atoms with Gasteiger partial charge in [-0.3, -0.25) is 4.79 Å². The summed E-state index contributed by atoms with van der Waals surface area (Å²) < 4.78 is 0. The highest BCUT2D eigenvalue weighted by atomic mass is 35.5. The molecule has 1 rings (SSSR count). The Morgan fingerprint density at radius 1 is 1.56 bits per heavy atom. The minimum absolute atomic E-state index is 0.0372. The van der Waals surface area contributed by atoms with Crippen LogP contribution in [0.2, 0.25) is 5.02 Å². The largest absolute Gasteiger partial charge is 0.356 e. The minimum atomic E-state index is -0.0390. The van der Waals surface area contributed by atoms with Crippen molar-refractivity contribution in [3.63, 3.8) is 0 Å². The molecule has 0 radical (unpaired) electrons. The van der Waals surface area contributed by atoms with Crippen LogP contribution in [-0.2, 0) is 4.79 Å². The maximum atomic E-state index is 11.5. The van der Waals surface area contributed by atoms with Crippen molar-refractivity contribution < 1.29 is 4.79 Å². The molecule has 5 heteroatoms. The van der Waals surface area contributed by atoms with Crippen LogP contribution in [0.4, 0.5) is 0 Å². The molecule has 0 aliphatic carbocycles. The maximum Gasteiger partial charge on any atom is 0.230 e. The monoisotopic (exact) mass is 286 g/mol. The fourth-order valence-corrected chi connectivity index (χ4v) is 2.92. The highest BCUT2D eigenvalue weighted by Crippen LogP contribution is 2.32. The molecule has 0 aliphatic heterocycles. The first kappa shape index (κ1) is 15.3. The van der Waals surface area contributed by atoms with Gasteiger partial charge in [0.2, 0.25) is 5.91 Å². The molecule has 0 heterocycles. The molecular weight excluding hydrogens is 268 g/mol. The van der Waals surface area contributed by atoms with Crippen molar-refractivity contribution in [2.24, 2.45) is 5.73 Å². The van der Waals surface area contributed by atoms with Gasteiger partial charge in [0.25, 0.3) is 0 Å². The SMILES string of the molecule is CCNC(=O)CSC(c1cccc(Cl)c1)C(C)N. The second kappa shape index (κ2) is 7.67. The number of carbonyl (C=O) groups is 1. The number of halogens is 1. The quantitative estimate of drug-likeness (QED) is 0.845. The van der Waals surface area contributed by atoms with E-state index in [0.29, 0.717) is 17.3 Å². The molecule has 0 saturated heterocycles. The number of rotatable bonds is 6. The summed E-state index contributed by atoms with van der Waals surface area (Å²) in [5, 5.41) is 3.54. The first-order valence-corrected chi connectivity index (χ1v) is 7.36. The van der Waals surface area contributed by atoms with Gasteiger partial charge in [0.15, 0.2) is 0 Å². The van der Waals surface area contributed by atoms with Crippen LogP contribution >= 0.6 is 23.4 Å². The predicted octanol–water partition coefficient (Wildman–Crippen LogP) is 2.60. The van der Waals surface area contributed by atoms with Gasteiger partial charge < -0.3 is 11.1 Å². The lowest BCUT2D eigenvalue weighted by Crippen LogP contribution is -2.28. The Morgan fingerprint density at radius 2 is 2.28 bits per heavy atom. The molecule has 2 atom stereocenters. The van der Waals surface area contributed by atoms with E-state index in [9.17, 15) is 4.79 Å². The fourth-order valence-electron chi connectivity index (χ4n) is 1.65. The zero-order chi connectivity index (χ0) is 13.5. The van der Waals surface area contributed by atoms with Gasteiger partial charge in [0.05, 0.1) is 5.75 Å². The third-order valence-corrected chi connectivity index (χ3v) is 4.15. The molecule has 18 heavy (non-hydrogen) atoms. The van der Waals surface area contributed by atoms with Crippen molar-refractivity contribution in [2.45, 2.75) is 25.1 Å². The summed E-state index contributed by atoms with van der Waals surface area (Å²) in [5.74, 6) is 0.446. The van der Waals surface area contributed by atoms with Crippen LogP contribution < -0.4 is 11.1 Å². The van der Waals surface area contributed by atoms with E-state index in [1.807, 2.05) is 38.1 Å². The van der Waals surface area contributed by atoms with Gasteiger partial charge in [-0.2, -0.15) is 0 Å². The van der Waals surface area contributed by atoms with Crippen LogP contribution in [-0.4, -0.2) is 24.2 Å². The highest BCUT2D eigenvalue weighted by molar-refractivity contribution is 8.00. The highest BCUT2D eigenvalue weighted by Gasteiger charge is 2.18. The third kappa shape index (κ3) is 4.88. The number of hydrogen-bond acceptors (Lipinski definition) is 3. The van der Waals surface area contributed by atoms with E-state index in [2.05, 4.69) is 5.32 Å². The van der Waals surface area contributed by atoms with Crippen molar-refractivity contribution >= 4 is 29.3 Å². The first-order valence-electron chi connectivity index (χ1n) is 5.94. The Morgan fingerprint density at radius 3 is 2.83 bits per heavy atom. The molecule has 2 unspecified atom stereocenters. The second-order valence-electron chi connectivity index (χ2n) is 4.10. The van der Waals surface area contributed by atoms with Gasteiger partial charge in [-0.05, 0) is 31.5 Å². The third-order valence-electron chi connectivity index (χ3n) is 2.42. The zero-order valence-corrected chi connectivity index (χ0v) is 12.2. The molecular formula is C13H19ClN2OS. The number of amides is 1. The van der Waals surface area contributed by atoms with Gasteiger partial charge in [-0.15, -0.1) is 11.8 Å². The van der Waals surface area contributed by atoms with Crippen LogP contribution in [0.5, 0.6) is 0 Å². The van der Waals surface area contributed by atoms with Crippen molar-refractivity contribution in [3.05, 3.63) is 34.9 Å². The van der Waals surface area contributed by atoms with Crippen molar-refractivity contribution in [1.82, 2.24) is 5.32 Å². The molecule has 0 saturated carbocycles. The Balaban J connectivity index is 2.69. The zero-order valence-electron chi connectivity index (χ0n) is 10.7. The fraction of sp³-hybridized carbons (Fsp3) is 0.462. The van der Waals surface area contributed by atoms with Crippen LogP contribution in [0.1, 0.15) is 24.7 Å². The molecule has 0 aromatic heterocycles. The molecule has 1 aromatic carbocycles. The summed E-state index contributed by atoms with van der Waals surface area (Å²) in [7, 11) is 0. The molecule has 0 bridgehead atoms. The summed E-state index contributed by atoms with van der Waals surface area (Å²) in [6.45, 7) is 4.50. The molecule has 3 N–H and O–H groups in total. The maximum absolute atomic E-state index is 11.5. The van der Waals surface area contributed by atoms with E-state index in [-0.39, 0.29) is 17.2 Å². The topological polar surface area (TPSA) is 55.1 Å². The van der Waals surface area contributed by atoms with Gasteiger partial charge in [-0.25, -0.2) is 0 Å². The lowest BCUT2D eigenvalue weighted by molar-refractivity contribution is -0.118. The average molecular weight is 287 g/mol. The molecule has 1 aromatic rings. The van der Waals surface area contributed by atoms with Crippen molar-refractivity contribution in [3.8, 4) is 0 Å². The lowest BCUT2D eigenvalue weighted by Gasteiger charge is -2.20. The minimum Gasteiger partial charge on any atom is -0.356 e. The molecule has 100 valence electrons. The number of hydrogen-bond donors (Lipinski definition) is 2. The van der Waals surface area contributed by atoms with E-state index in [1.54, 1.807) is 11.8 Å². The van der Waals surface area contributed by atoms with Gasteiger partial charge in [0, 0.05) is 22.9 Å². The summed E-state index contributed by atoms with van der Waals surface area (Å²) in [6.07, 6.45) is 0. The number of carbonyl (C=O) groups excluding carboxylic acids is 1. The predicted molar refractivity (Wildman–Crippen MR) is 79.0 cm³/mol. The Labute approximate surface area is 117 Å². The van der Waals surface area contributed by atoms with E-state index in [1.165, 1.54) is 0 Å². The Kier molecular flexibility index (Phi) is 6.54. The average Bonchev–Trinajstić information content (AvgIpc) is 2.29. The van der Waals surface area contributed by atoms with Crippen LogP contribution in [0.3, 0.4) is 0 Å². The smallest absolute Gasteiger partial charge is 0.230 e. The summed E-state index contributed by atoms with van der Waals surface area (Å²) >= 11 is 7.52. The van der Waals surface area contributed by atoms with Crippen LogP contribution in [0.15, 0.2) is 24.3 Å². The summed E-state index contributed by atoms with van der Waals surface area (Å²) in [6, 6.07) is 7.59. The van der Waals surface area contributed by atoms with Gasteiger partial charge in [0.1, 0.15) is 0 Å². The van der Waals surface area contributed by atoms with E-state index in [4.69, 9.17) is 17.3 Å². The Bertz CT molecular complexity index is 398. The van der Waals surface area contributed by atoms with Crippen LogP contribution in [0, 0.1) is 0 Å². The first-order chi connectivity index (χ1) is 8.54. The lowest BCUT2D eigenvalue weighted by atomic mass is 10.1. The molecule has 0 fully saturated rings. The normalized spacial score (nSPS) is 14.0. The van der Waals surface area contributed by atoms with Gasteiger partial charge >= 0.3 is 0 Å². The summed E-state index contributed by atoms with van der Waals surface area (Å²) in [5.41, 5.74) is 7.05. The Hall–Kier alpha value is -0.710. The van der Waals surface area contributed by atoms with Crippen molar-refractivity contribution in [2.75, 3.05) is 12.3 Å². The molecule has 0 aliphatic rings. The standard InChI is InChI=1S/C13H19ClN2OS/c1-3-16-12(17)8-18-13(9(2)15)10-5-4-6-11(14)7-10/h4-7,9,13H,3,8,15H2,1-2H3,(H,16,17). The van der Waals surface area contributed by atoms with Crippen LogP contribution in [0.25, 0.3) is 0 Å². The number of nitrogens with two attached hydrogens (primary N) is 1. The van der Waals surface area contributed by atoms with E-state index < -0.39 is 0 Å². The molecule has 3 nitrogen and oxygen atoms in total. The molecule has 1 amide bonds. The van der Waals surface area contributed by atoms with Gasteiger partial charge in [-0.1, -0.05) is 23.7 Å². The number of thioether (sulfide) groups is 1.